The number of hydrogen-bond acceptors (Lipinski definition) is 6. The Bertz CT molecular complexity index is 1210. The minimum atomic E-state index is -0.690. The maximum atomic E-state index is 12.1. The number of carbonyl (C=O) groups excluding carboxylic acids is 1. The molecule has 136 valence electrons. The molecule has 0 saturated carbocycles. The fourth-order valence-electron chi connectivity index (χ4n) is 2.44. The quantitative estimate of drug-likeness (QED) is 0.591. The molecule has 0 aliphatic rings. The van der Waals surface area contributed by atoms with Crippen molar-refractivity contribution >= 4 is 34.3 Å². The third-order valence-electron chi connectivity index (χ3n) is 3.95. The molecule has 0 bridgehead atoms. The first kappa shape index (κ1) is 18.4. The number of nitrogens with zero attached hydrogens (tertiary/aromatic N) is 2. The van der Waals surface area contributed by atoms with Gasteiger partial charge in [0.05, 0.1) is 16.8 Å². The van der Waals surface area contributed by atoms with Gasteiger partial charge >= 0.3 is 5.69 Å². The highest BCUT2D eigenvalue weighted by Crippen LogP contribution is 2.26. The van der Waals surface area contributed by atoms with Crippen LogP contribution in [0.25, 0.3) is 10.9 Å². The maximum Gasteiger partial charge on any atom is 0.325 e. The lowest BCUT2D eigenvalue weighted by atomic mass is 10.1. The van der Waals surface area contributed by atoms with Gasteiger partial charge in [-0.15, -0.1) is 0 Å². The Morgan fingerprint density at radius 2 is 2.00 bits per heavy atom. The average Bonchev–Trinajstić information content (AvgIpc) is 2.63. The van der Waals surface area contributed by atoms with Gasteiger partial charge in [0.15, 0.2) is 0 Å². The zero-order valence-electron chi connectivity index (χ0n) is 14.5. The van der Waals surface area contributed by atoms with Gasteiger partial charge in [-0.1, -0.05) is 11.8 Å². The third kappa shape index (κ3) is 4.07. The van der Waals surface area contributed by atoms with E-state index >= 15 is 0 Å². The lowest BCUT2D eigenvalue weighted by Gasteiger charge is -2.08. The Kier molecular flexibility index (Phi) is 5.09. The Hall–Kier alpha value is -3.38. The number of amides is 1. The molecule has 3 rings (SSSR count). The summed E-state index contributed by atoms with van der Waals surface area (Å²) in [6.07, 6.45) is 1.13. The first-order chi connectivity index (χ1) is 12.9. The molecule has 0 spiro atoms. The minimum absolute atomic E-state index is 0.0450. The standard InChI is InChI=1S/C18H15N5O3S/c1-9-3-11-5-12(6-19)17(22-13(11)4-10(9)2)27-8-15(24)21-14-7-20-18(26)23-16(14)25/h3-5,7H,8H2,1-2H3,(H,21,24)(H2,20,23,25,26). The molecule has 27 heavy (non-hydrogen) atoms. The average molecular weight is 381 g/mol. The number of pyridine rings is 1. The summed E-state index contributed by atoms with van der Waals surface area (Å²) >= 11 is 1.10. The minimum Gasteiger partial charge on any atom is -0.320 e. The molecule has 0 atom stereocenters. The number of benzene rings is 1. The molecule has 0 saturated heterocycles. The molecule has 3 aromatic rings. The molecule has 0 radical (unpaired) electrons. The number of carbonyl (C=O) groups is 1. The lowest BCUT2D eigenvalue weighted by Crippen LogP contribution is -2.27. The van der Waals surface area contributed by atoms with E-state index in [4.69, 9.17) is 0 Å². The van der Waals surface area contributed by atoms with E-state index in [0.717, 1.165) is 40.0 Å². The highest BCUT2D eigenvalue weighted by molar-refractivity contribution is 8.00. The summed E-state index contributed by atoms with van der Waals surface area (Å²) < 4.78 is 0. The van der Waals surface area contributed by atoms with Crippen LogP contribution in [0.5, 0.6) is 0 Å². The summed E-state index contributed by atoms with van der Waals surface area (Å²) in [4.78, 5) is 43.5. The number of nitriles is 1. The van der Waals surface area contributed by atoms with Crippen LogP contribution in [0.4, 0.5) is 5.69 Å². The van der Waals surface area contributed by atoms with Gasteiger partial charge in [0.2, 0.25) is 5.91 Å². The second-order valence-electron chi connectivity index (χ2n) is 5.90. The number of nitrogens with one attached hydrogen (secondary N) is 3. The fourth-order valence-corrected chi connectivity index (χ4v) is 3.20. The third-order valence-corrected chi connectivity index (χ3v) is 4.94. The predicted molar refractivity (Wildman–Crippen MR) is 103 cm³/mol. The van der Waals surface area contributed by atoms with Crippen LogP contribution in [0.3, 0.4) is 0 Å². The van der Waals surface area contributed by atoms with Crippen LogP contribution in [0.2, 0.25) is 0 Å². The van der Waals surface area contributed by atoms with Crippen molar-refractivity contribution < 1.29 is 4.79 Å². The Morgan fingerprint density at radius 3 is 2.70 bits per heavy atom. The topological polar surface area (TPSA) is 132 Å². The van der Waals surface area contributed by atoms with Crippen molar-refractivity contribution in [1.82, 2.24) is 15.0 Å². The van der Waals surface area contributed by atoms with E-state index in [1.807, 2.05) is 31.0 Å². The molecule has 0 fully saturated rings. The van der Waals surface area contributed by atoms with Gasteiger partial charge in [-0.25, -0.2) is 9.78 Å². The van der Waals surface area contributed by atoms with E-state index in [2.05, 4.69) is 21.4 Å². The van der Waals surface area contributed by atoms with Crippen molar-refractivity contribution in [2.75, 3.05) is 11.1 Å². The number of aromatic nitrogens is 3. The monoisotopic (exact) mass is 381 g/mol. The van der Waals surface area contributed by atoms with Crippen LogP contribution in [0, 0.1) is 25.2 Å². The van der Waals surface area contributed by atoms with Gasteiger partial charge in [-0.2, -0.15) is 5.26 Å². The molecule has 8 nitrogen and oxygen atoms in total. The van der Waals surface area contributed by atoms with Gasteiger partial charge in [0.1, 0.15) is 16.8 Å². The Labute approximate surface area is 157 Å². The van der Waals surface area contributed by atoms with Crippen molar-refractivity contribution in [3.8, 4) is 6.07 Å². The van der Waals surface area contributed by atoms with Crippen molar-refractivity contribution in [1.29, 1.82) is 5.26 Å². The van der Waals surface area contributed by atoms with Gasteiger partial charge < -0.3 is 10.3 Å². The Balaban J connectivity index is 1.80. The van der Waals surface area contributed by atoms with Crippen LogP contribution in [0.15, 0.2) is 39.0 Å². The second-order valence-corrected chi connectivity index (χ2v) is 6.87. The van der Waals surface area contributed by atoms with Gasteiger partial charge in [-0.05, 0) is 43.2 Å². The SMILES string of the molecule is Cc1cc2cc(C#N)c(SCC(=O)Nc3c[nH]c(=O)[nH]c3=O)nc2cc1C. The summed E-state index contributed by atoms with van der Waals surface area (Å²) in [5, 5.41) is 13.1. The Morgan fingerprint density at radius 1 is 1.26 bits per heavy atom. The largest absolute Gasteiger partial charge is 0.325 e. The number of rotatable bonds is 4. The predicted octanol–water partition coefficient (Wildman–Crippen LogP) is 1.83. The molecule has 3 N–H and O–H groups in total. The summed E-state index contributed by atoms with van der Waals surface area (Å²) in [5.74, 6) is -0.500. The second kappa shape index (κ2) is 7.47. The number of H-pyrrole nitrogens is 2. The lowest BCUT2D eigenvalue weighted by molar-refractivity contribution is -0.113. The molecule has 1 aromatic carbocycles. The molecule has 9 heteroatoms. The van der Waals surface area contributed by atoms with Gasteiger partial charge in [-0.3, -0.25) is 14.6 Å². The zero-order valence-corrected chi connectivity index (χ0v) is 15.4. The first-order valence-electron chi connectivity index (χ1n) is 7.94. The van der Waals surface area contributed by atoms with Crippen LogP contribution in [-0.2, 0) is 4.79 Å². The van der Waals surface area contributed by atoms with E-state index in [1.54, 1.807) is 6.07 Å². The van der Waals surface area contributed by atoms with E-state index in [1.165, 1.54) is 0 Å². The molecule has 2 heterocycles. The van der Waals surface area contributed by atoms with E-state index in [0.29, 0.717) is 10.6 Å². The number of hydrogen-bond donors (Lipinski definition) is 3. The van der Waals surface area contributed by atoms with Crippen LogP contribution in [0.1, 0.15) is 16.7 Å². The van der Waals surface area contributed by atoms with Crippen molar-refractivity contribution in [2.45, 2.75) is 18.9 Å². The van der Waals surface area contributed by atoms with Crippen LogP contribution in [-0.4, -0.2) is 26.6 Å². The highest BCUT2D eigenvalue weighted by Gasteiger charge is 2.12. The molecule has 0 aliphatic heterocycles. The smallest absolute Gasteiger partial charge is 0.320 e. The molecule has 0 unspecified atom stereocenters. The molecular formula is C18H15N5O3S. The van der Waals surface area contributed by atoms with Gasteiger partial charge in [0, 0.05) is 11.6 Å². The summed E-state index contributed by atoms with van der Waals surface area (Å²) in [6, 6.07) is 7.77. The molecular weight excluding hydrogens is 366 g/mol. The van der Waals surface area contributed by atoms with Crippen molar-refractivity contribution in [2.24, 2.45) is 0 Å². The summed E-state index contributed by atoms with van der Waals surface area (Å²) in [7, 11) is 0. The van der Waals surface area contributed by atoms with Gasteiger partial charge in [0.25, 0.3) is 5.56 Å². The first-order valence-corrected chi connectivity index (χ1v) is 8.92. The molecule has 2 aromatic heterocycles. The number of thioether (sulfide) groups is 1. The summed E-state index contributed by atoms with van der Waals surface area (Å²) in [5.41, 5.74) is 1.92. The van der Waals surface area contributed by atoms with E-state index < -0.39 is 17.2 Å². The van der Waals surface area contributed by atoms with Crippen molar-refractivity contribution in [3.63, 3.8) is 0 Å². The number of anilines is 1. The summed E-state index contributed by atoms with van der Waals surface area (Å²) in [6.45, 7) is 3.98. The van der Waals surface area contributed by atoms with Crippen LogP contribution >= 0.6 is 11.8 Å². The fraction of sp³-hybridized carbons (Fsp3) is 0.167. The maximum absolute atomic E-state index is 12.1. The van der Waals surface area contributed by atoms with Crippen LogP contribution < -0.4 is 16.6 Å². The number of aromatic amines is 2. The number of aryl methyl sites for hydroxylation is 2. The molecule has 0 aliphatic carbocycles. The molecule has 1 amide bonds. The highest BCUT2D eigenvalue weighted by atomic mass is 32.2. The van der Waals surface area contributed by atoms with E-state index in [9.17, 15) is 19.6 Å². The zero-order chi connectivity index (χ0) is 19.6. The van der Waals surface area contributed by atoms with E-state index in [-0.39, 0.29) is 11.4 Å². The van der Waals surface area contributed by atoms with Crippen molar-refractivity contribution in [3.05, 3.63) is 61.9 Å². The number of fused-ring (bicyclic) bond motifs is 1. The normalized spacial score (nSPS) is 10.6.